The molecule has 3 aromatic rings. The Kier molecular flexibility index (Phi) is 4.73. The third-order valence-electron chi connectivity index (χ3n) is 3.60. The molecule has 0 radical (unpaired) electrons. The van der Waals surface area contributed by atoms with Gasteiger partial charge in [-0.3, -0.25) is 0 Å². The molecule has 0 amide bonds. The summed E-state index contributed by atoms with van der Waals surface area (Å²) in [7, 11) is 0. The summed E-state index contributed by atoms with van der Waals surface area (Å²) in [6.07, 6.45) is 1.64. The number of ether oxygens (including phenoxy) is 1. The molecule has 130 valence electrons. The molecule has 3 rings (SSSR count). The molecule has 0 aliphatic carbocycles. The van der Waals surface area contributed by atoms with E-state index in [-0.39, 0.29) is 17.7 Å². The fourth-order valence-electron chi connectivity index (χ4n) is 2.30. The van der Waals surface area contributed by atoms with Crippen molar-refractivity contribution in [1.82, 2.24) is 14.6 Å². The number of benzene rings is 1. The average Bonchev–Trinajstić information content (AvgIpc) is 3.02. The van der Waals surface area contributed by atoms with Crippen LogP contribution in [0.2, 0.25) is 0 Å². The van der Waals surface area contributed by atoms with Crippen LogP contribution in [0.15, 0.2) is 42.6 Å². The molecule has 0 aliphatic rings. The molecule has 1 atom stereocenters. The predicted octanol–water partition coefficient (Wildman–Crippen LogP) is 3.05. The number of nitrogens with zero attached hydrogens (tertiary/aromatic N) is 4. The summed E-state index contributed by atoms with van der Waals surface area (Å²) in [6.45, 7) is 2.36. The summed E-state index contributed by atoms with van der Waals surface area (Å²) in [5.41, 5.74) is 0.389. The second-order valence-electron chi connectivity index (χ2n) is 5.35. The molecule has 0 saturated carbocycles. The molecule has 0 aliphatic heterocycles. The van der Waals surface area contributed by atoms with Crippen LogP contribution in [0, 0.1) is 15.9 Å². The number of hydrogen-bond donors (Lipinski definition) is 1. The monoisotopic (exact) mass is 345 g/mol. The molecular formula is C16H16FN5O3. The number of imidazole rings is 1. The highest BCUT2D eigenvalue weighted by atomic mass is 19.1. The number of halogens is 1. The number of hydrogen-bond acceptors (Lipinski definition) is 6. The smallest absolute Gasteiger partial charge is 0.368 e. The van der Waals surface area contributed by atoms with Crippen molar-refractivity contribution in [3.05, 3.63) is 58.5 Å². The standard InChI is InChI=1S/C16H16FN5O3/c1-2-12(25-13-5-3-4-11(17)8-13)9-18-14-6-7-15-19-10-16(22(23)24)21(15)20-14/h3-8,10,12H,2,9H2,1H3,(H,18,20). The van der Waals surface area contributed by atoms with Crippen LogP contribution < -0.4 is 10.1 Å². The Balaban J connectivity index is 1.70. The number of nitro groups is 1. The van der Waals surface area contributed by atoms with Crippen molar-refractivity contribution in [2.24, 2.45) is 0 Å². The van der Waals surface area contributed by atoms with E-state index in [2.05, 4.69) is 15.4 Å². The molecule has 1 N–H and O–H groups in total. The van der Waals surface area contributed by atoms with Crippen LogP contribution in [-0.4, -0.2) is 32.2 Å². The Morgan fingerprint density at radius 3 is 2.96 bits per heavy atom. The molecule has 2 aromatic heterocycles. The Morgan fingerprint density at radius 1 is 1.40 bits per heavy atom. The lowest BCUT2D eigenvalue weighted by Gasteiger charge is -2.18. The van der Waals surface area contributed by atoms with Crippen LogP contribution in [0.3, 0.4) is 0 Å². The first kappa shape index (κ1) is 16.6. The fraction of sp³-hybridized carbons (Fsp3) is 0.250. The van der Waals surface area contributed by atoms with Gasteiger partial charge in [-0.15, -0.1) is 0 Å². The van der Waals surface area contributed by atoms with Crippen molar-refractivity contribution in [3.63, 3.8) is 0 Å². The minimum Gasteiger partial charge on any atom is -0.489 e. The van der Waals surface area contributed by atoms with Crippen molar-refractivity contribution in [2.45, 2.75) is 19.4 Å². The van der Waals surface area contributed by atoms with Gasteiger partial charge in [0.25, 0.3) is 0 Å². The number of rotatable bonds is 7. The van der Waals surface area contributed by atoms with E-state index in [0.717, 1.165) is 10.7 Å². The molecule has 0 spiro atoms. The molecule has 1 aromatic carbocycles. The predicted molar refractivity (Wildman–Crippen MR) is 89.2 cm³/mol. The molecule has 9 heteroatoms. The maximum atomic E-state index is 13.2. The van der Waals surface area contributed by atoms with Crippen molar-refractivity contribution >= 4 is 17.3 Å². The lowest BCUT2D eigenvalue weighted by Crippen LogP contribution is -2.26. The summed E-state index contributed by atoms with van der Waals surface area (Å²) in [5, 5.41) is 18.2. The first-order chi connectivity index (χ1) is 12.1. The quantitative estimate of drug-likeness (QED) is 0.522. The minimum atomic E-state index is -0.543. The van der Waals surface area contributed by atoms with Gasteiger partial charge >= 0.3 is 5.82 Å². The number of aromatic nitrogens is 3. The molecule has 2 heterocycles. The van der Waals surface area contributed by atoms with Crippen LogP contribution in [0.5, 0.6) is 5.75 Å². The van der Waals surface area contributed by atoms with Gasteiger partial charge in [0, 0.05) is 12.1 Å². The average molecular weight is 345 g/mol. The zero-order chi connectivity index (χ0) is 17.8. The van der Waals surface area contributed by atoms with Gasteiger partial charge < -0.3 is 20.2 Å². The molecule has 0 saturated heterocycles. The second-order valence-corrected chi connectivity index (χ2v) is 5.35. The minimum absolute atomic E-state index is 0.207. The molecule has 1 unspecified atom stereocenters. The van der Waals surface area contributed by atoms with Crippen LogP contribution in [0.1, 0.15) is 13.3 Å². The summed E-state index contributed by atoms with van der Waals surface area (Å²) in [4.78, 5) is 14.3. The maximum Gasteiger partial charge on any atom is 0.368 e. The maximum absolute atomic E-state index is 13.2. The van der Waals surface area contributed by atoms with E-state index in [1.165, 1.54) is 12.1 Å². The van der Waals surface area contributed by atoms with Gasteiger partial charge in [-0.2, -0.15) is 0 Å². The normalized spacial score (nSPS) is 12.1. The molecule has 0 bridgehead atoms. The van der Waals surface area contributed by atoms with E-state index >= 15 is 0 Å². The largest absolute Gasteiger partial charge is 0.489 e. The summed E-state index contributed by atoms with van der Waals surface area (Å²) >= 11 is 0. The highest BCUT2D eigenvalue weighted by Gasteiger charge is 2.16. The lowest BCUT2D eigenvalue weighted by atomic mass is 10.2. The topological polar surface area (TPSA) is 94.6 Å². The zero-order valence-electron chi connectivity index (χ0n) is 13.4. The second kappa shape index (κ2) is 7.12. The van der Waals surface area contributed by atoms with Crippen LogP contribution in [0.25, 0.3) is 5.65 Å². The van der Waals surface area contributed by atoms with Crippen molar-refractivity contribution < 1.29 is 14.1 Å². The first-order valence-electron chi connectivity index (χ1n) is 7.72. The van der Waals surface area contributed by atoms with Gasteiger partial charge in [0.05, 0.1) is 6.54 Å². The Morgan fingerprint density at radius 2 is 2.24 bits per heavy atom. The van der Waals surface area contributed by atoms with Crippen molar-refractivity contribution in [3.8, 4) is 5.75 Å². The SMILES string of the molecule is CCC(CNc1ccc2ncc([N+](=O)[O-])n2n1)Oc1cccc(F)c1. The molecule has 8 nitrogen and oxygen atoms in total. The first-order valence-corrected chi connectivity index (χ1v) is 7.72. The van der Waals surface area contributed by atoms with E-state index in [4.69, 9.17) is 4.74 Å². The van der Waals surface area contributed by atoms with E-state index < -0.39 is 4.92 Å². The van der Waals surface area contributed by atoms with Gasteiger partial charge in [-0.25, -0.2) is 9.37 Å². The van der Waals surface area contributed by atoms with Gasteiger partial charge in [-0.05, 0) is 29.5 Å². The lowest BCUT2D eigenvalue weighted by molar-refractivity contribution is -0.391. The van der Waals surface area contributed by atoms with Crippen LogP contribution >= 0.6 is 0 Å². The van der Waals surface area contributed by atoms with E-state index in [1.54, 1.807) is 24.3 Å². The molecule has 25 heavy (non-hydrogen) atoms. The molecule has 0 fully saturated rings. The highest BCUT2D eigenvalue weighted by molar-refractivity contribution is 5.48. The van der Waals surface area contributed by atoms with Crippen molar-refractivity contribution in [2.75, 3.05) is 11.9 Å². The zero-order valence-corrected chi connectivity index (χ0v) is 13.4. The Bertz CT molecular complexity index is 898. The van der Waals surface area contributed by atoms with Crippen LogP contribution in [0.4, 0.5) is 16.0 Å². The van der Waals surface area contributed by atoms with Crippen LogP contribution in [-0.2, 0) is 0 Å². The summed E-state index contributed by atoms with van der Waals surface area (Å²) in [6, 6.07) is 9.26. The third kappa shape index (κ3) is 3.82. The number of anilines is 1. The van der Waals surface area contributed by atoms with E-state index in [0.29, 0.717) is 30.2 Å². The third-order valence-corrected chi connectivity index (χ3v) is 3.60. The number of nitrogens with one attached hydrogen (secondary N) is 1. The van der Waals surface area contributed by atoms with E-state index in [9.17, 15) is 14.5 Å². The van der Waals surface area contributed by atoms with Crippen molar-refractivity contribution in [1.29, 1.82) is 0 Å². The molecular weight excluding hydrogens is 329 g/mol. The van der Waals surface area contributed by atoms with Gasteiger partial charge in [-0.1, -0.05) is 22.6 Å². The van der Waals surface area contributed by atoms with E-state index in [1.807, 2.05) is 6.92 Å². The van der Waals surface area contributed by atoms with Gasteiger partial charge in [0.15, 0.2) is 5.82 Å². The summed E-state index contributed by atoms with van der Waals surface area (Å²) in [5.74, 6) is 0.332. The Hall–Kier alpha value is -3.23. The summed E-state index contributed by atoms with van der Waals surface area (Å²) < 4.78 is 20.1. The fourth-order valence-corrected chi connectivity index (χ4v) is 2.30. The van der Waals surface area contributed by atoms with Gasteiger partial charge in [0.2, 0.25) is 5.65 Å². The number of fused-ring (bicyclic) bond motifs is 1. The highest BCUT2D eigenvalue weighted by Crippen LogP contribution is 2.17. The Labute approximate surface area is 142 Å². The van der Waals surface area contributed by atoms with Gasteiger partial charge in [0.1, 0.15) is 23.9 Å².